The molecule has 9 heteroatoms. The predicted octanol–water partition coefficient (Wildman–Crippen LogP) is 3.18. The molecule has 0 bridgehead atoms. The van der Waals surface area contributed by atoms with Crippen LogP contribution in [0.2, 0.25) is 5.02 Å². The molecule has 1 aromatic heterocycles. The summed E-state index contributed by atoms with van der Waals surface area (Å²) in [6.07, 6.45) is 1.34. The summed E-state index contributed by atoms with van der Waals surface area (Å²) in [4.78, 5) is 15.6. The fraction of sp³-hybridized carbons (Fsp3) is 0.211. The molecule has 0 saturated heterocycles. The van der Waals surface area contributed by atoms with Gasteiger partial charge in [0.1, 0.15) is 0 Å². The first kappa shape index (κ1) is 18.6. The predicted molar refractivity (Wildman–Crippen MR) is 108 cm³/mol. The molecule has 28 heavy (non-hydrogen) atoms. The topological polar surface area (TPSA) is 91.1 Å². The highest BCUT2D eigenvalue weighted by molar-refractivity contribution is 7.98. The number of H-pyrrole nitrogens is 1. The molecule has 0 fully saturated rings. The molecular formula is C19H18ClN4O3S+. The van der Waals surface area contributed by atoms with Gasteiger partial charge in [-0.05, 0) is 42.1 Å². The second-order valence-electron chi connectivity index (χ2n) is 6.13. The molecule has 0 aliphatic carbocycles. The van der Waals surface area contributed by atoms with Crippen LogP contribution in [-0.4, -0.2) is 28.1 Å². The van der Waals surface area contributed by atoms with Crippen molar-refractivity contribution < 1.29 is 14.5 Å². The van der Waals surface area contributed by atoms with E-state index in [-0.39, 0.29) is 22.1 Å². The molecule has 0 radical (unpaired) electrons. The maximum atomic E-state index is 12.8. The monoisotopic (exact) mass is 417 g/mol. The Labute approximate surface area is 170 Å². The zero-order chi connectivity index (χ0) is 19.8. The number of halogens is 1. The number of hydrogen-bond acceptors (Lipinski definition) is 6. The number of anilines is 1. The van der Waals surface area contributed by atoms with Gasteiger partial charge in [0, 0.05) is 10.7 Å². The van der Waals surface area contributed by atoms with E-state index in [4.69, 9.17) is 16.3 Å². The van der Waals surface area contributed by atoms with Crippen LogP contribution < -0.4 is 20.3 Å². The third kappa shape index (κ3) is 3.08. The summed E-state index contributed by atoms with van der Waals surface area (Å²) < 4.78 is 7.16. The lowest BCUT2D eigenvalue weighted by molar-refractivity contribution is -0.759. The molecule has 3 aromatic rings. The summed E-state index contributed by atoms with van der Waals surface area (Å²) in [5, 5.41) is 18.8. The van der Waals surface area contributed by atoms with Crippen molar-refractivity contribution in [1.29, 1.82) is 0 Å². The summed E-state index contributed by atoms with van der Waals surface area (Å²) in [5.41, 5.74) is 2.48. The summed E-state index contributed by atoms with van der Waals surface area (Å²) in [7, 11) is 0. The van der Waals surface area contributed by atoms with Crippen molar-refractivity contribution in [3.05, 3.63) is 57.3 Å². The van der Waals surface area contributed by atoms with Crippen molar-refractivity contribution >= 4 is 29.1 Å². The standard InChI is InChI=1S/C19H17ClN4O3S/c1-3-27-14-9-10(8-12(20)16(14)25)17-21-13-7-5-4-6-11(13)15-18(26)22-19(28-2)23-24(15)17/h4-9,17H,3H2,1-2H3,(H2,22,23,25,26)/p+1/t17-/m1/s1. The van der Waals surface area contributed by atoms with Gasteiger partial charge in [-0.25, -0.2) is 0 Å². The first-order valence-corrected chi connectivity index (χ1v) is 10.2. The molecule has 0 saturated carbocycles. The van der Waals surface area contributed by atoms with E-state index < -0.39 is 6.17 Å². The Morgan fingerprint density at radius 3 is 2.89 bits per heavy atom. The SMILES string of the molecule is CCOc1cc([C@@H]2Nc3ccccc3-c3c(=O)[nH]c(SC)n[n+]32)cc(Cl)c1O. The number of aromatic amines is 1. The lowest BCUT2D eigenvalue weighted by Crippen LogP contribution is -2.55. The average Bonchev–Trinajstić information content (AvgIpc) is 2.70. The molecule has 1 aliphatic rings. The largest absolute Gasteiger partial charge is 0.503 e. The fourth-order valence-corrected chi connectivity index (χ4v) is 3.81. The van der Waals surface area contributed by atoms with Gasteiger partial charge in [-0.3, -0.25) is 9.78 Å². The first-order chi connectivity index (χ1) is 13.5. The molecule has 4 rings (SSSR count). The number of aromatic nitrogens is 3. The molecule has 3 N–H and O–H groups in total. The van der Waals surface area contributed by atoms with Crippen LogP contribution in [0.25, 0.3) is 11.3 Å². The minimum absolute atomic E-state index is 0.114. The van der Waals surface area contributed by atoms with E-state index in [1.165, 1.54) is 11.8 Å². The number of nitrogens with one attached hydrogen (secondary N) is 2. The van der Waals surface area contributed by atoms with Crippen LogP contribution in [0.1, 0.15) is 18.7 Å². The highest BCUT2D eigenvalue weighted by Gasteiger charge is 2.38. The van der Waals surface area contributed by atoms with E-state index in [1.54, 1.807) is 16.8 Å². The Morgan fingerprint density at radius 1 is 1.36 bits per heavy atom. The van der Waals surface area contributed by atoms with Crippen LogP contribution in [0.5, 0.6) is 11.5 Å². The van der Waals surface area contributed by atoms with Gasteiger partial charge in [-0.15, -0.1) is 0 Å². The van der Waals surface area contributed by atoms with Crippen LogP contribution >= 0.6 is 23.4 Å². The van der Waals surface area contributed by atoms with Gasteiger partial charge in [0.15, 0.2) is 11.5 Å². The van der Waals surface area contributed by atoms with Crippen LogP contribution in [-0.2, 0) is 0 Å². The number of phenols is 1. The number of hydrogen-bond donors (Lipinski definition) is 3. The molecular weight excluding hydrogens is 400 g/mol. The summed E-state index contributed by atoms with van der Waals surface area (Å²) in [5.74, 6) is 0.167. The molecule has 2 heterocycles. The van der Waals surface area contributed by atoms with Gasteiger partial charge in [0.25, 0.3) is 6.17 Å². The minimum Gasteiger partial charge on any atom is -0.503 e. The van der Waals surface area contributed by atoms with Crippen molar-refractivity contribution in [2.24, 2.45) is 0 Å². The summed E-state index contributed by atoms with van der Waals surface area (Å²) in [6, 6.07) is 10.9. The zero-order valence-corrected chi connectivity index (χ0v) is 16.8. The average molecular weight is 418 g/mol. The second-order valence-corrected chi connectivity index (χ2v) is 7.33. The first-order valence-electron chi connectivity index (χ1n) is 8.64. The van der Waals surface area contributed by atoms with E-state index in [9.17, 15) is 9.90 Å². The van der Waals surface area contributed by atoms with Gasteiger partial charge >= 0.3 is 11.3 Å². The number of nitrogens with zero attached hydrogens (tertiary/aromatic N) is 2. The Hall–Kier alpha value is -2.71. The normalized spacial score (nSPS) is 14.8. The van der Waals surface area contributed by atoms with Gasteiger partial charge in [-0.1, -0.05) is 35.5 Å². The third-order valence-corrected chi connectivity index (χ3v) is 5.30. The van der Waals surface area contributed by atoms with Crippen molar-refractivity contribution in [2.75, 3.05) is 18.2 Å². The van der Waals surface area contributed by atoms with Crippen molar-refractivity contribution in [3.8, 4) is 22.8 Å². The van der Waals surface area contributed by atoms with Gasteiger partial charge < -0.3 is 15.2 Å². The van der Waals surface area contributed by atoms with Gasteiger partial charge in [-0.2, -0.15) is 0 Å². The van der Waals surface area contributed by atoms with Crippen LogP contribution in [0.3, 0.4) is 0 Å². The highest BCUT2D eigenvalue weighted by Crippen LogP contribution is 2.39. The Balaban J connectivity index is 1.96. The Kier molecular flexibility index (Phi) is 4.91. The zero-order valence-electron chi connectivity index (χ0n) is 15.2. The molecule has 0 unspecified atom stereocenters. The maximum absolute atomic E-state index is 12.8. The van der Waals surface area contributed by atoms with Gasteiger partial charge in [0.05, 0.1) is 22.9 Å². The van der Waals surface area contributed by atoms with E-state index in [2.05, 4.69) is 15.4 Å². The number of thioether (sulfide) groups is 1. The maximum Gasteiger partial charge on any atom is 0.325 e. The van der Waals surface area contributed by atoms with Crippen LogP contribution in [0.4, 0.5) is 5.69 Å². The smallest absolute Gasteiger partial charge is 0.325 e. The van der Waals surface area contributed by atoms with Gasteiger partial charge in [0.2, 0.25) is 5.16 Å². The summed E-state index contributed by atoms with van der Waals surface area (Å²) in [6.45, 7) is 2.21. The summed E-state index contributed by atoms with van der Waals surface area (Å²) >= 11 is 7.58. The second kappa shape index (κ2) is 7.37. The van der Waals surface area contributed by atoms with E-state index in [1.807, 2.05) is 37.4 Å². The number of fused-ring (bicyclic) bond motifs is 3. The number of para-hydroxylation sites is 1. The lowest BCUT2D eigenvalue weighted by Gasteiger charge is -2.23. The number of aromatic hydroxyl groups is 1. The molecule has 1 aliphatic heterocycles. The van der Waals surface area contributed by atoms with E-state index >= 15 is 0 Å². The van der Waals surface area contributed by atoms with Crippen LogP contribution in [0.15, 0.2) is 46.3 Å². The van der Waals surface area contributed by atoms with E-state index in [0.29, 0.717) is 23.0 Å². The fourth-order valence-electron chi connectivity index (χ4n) is 3.22. The van der Waals surface area contributed by atoms with Crippen molar-refractivity contribution in [1.82, 2.24) is 10.1 Å². The number of benzene rings is 2. The van der Waals surface area contributed by atoms with Crippen molar-refractivity contribution in [2.45, 2.75) is 18.2 Å². The number of phenolic OH excluding ortho intramolecular Hbond substituents is 1. The molecule has 0 spiro atoms. The van der Waals surface area contributed by atoms with Crippen molar-refractivity contribution in [3.63, 3.8) is 0 Å². The molecule has 0 amide bonds. The Bertz CT molecular complexity index is 1120. The third-order valence-electron chi connectivity index (χ3n) is 4.44. The molecule has 7 nitrogen and oxygen atoms in total. The number of ether oxygens (including phenoxy) is 1. The number of rotatable bonds is 4. The minimum atomic E-state index is -0.504. The van der Waals surface area contributed by atoms with E-state index in [0.717, 1.165) is 11.3 Å². The Morgan fingerprint density at radius 2 is 2.14 bits per heavy atom. The highest BCUT2D eigenvalue weighted by atomic mass is 35.5. The molecule has 1 atom stereocenters. The molecule has 2 aromatic carbocycles. The lowest BCUT2D eigenvalue weighted by atomic mass is 10.0. The molecule has 144 valence electrons. The quantitative estimate of drug-likeness (QED) is 0.446. The van der Waals surface area contributed by atoms with Crippen LogP contribution in [0, 0.1) is 0 Å².